The minimum atomic E-state index is -0.603. The van der Waals surface area contributed by atoms with Crippen molar-refractivity contribution in [1.82, 2.24) is 9.88 Å². The largest absolute Gasteiger partial charge is 0.390 e. The van der Waals surface area contributed by atoms with Gasteiger partial charge in [-0.2, -0.15) is 0 Å². The summed E-state index contributed by atoms with van der Waals surface area (Å²) in [5, 5.41) is 9.85. The van der Waals surface area contributed by atoms with Gasteiger partial charge >= 0.3 is 0 Å². The van der Waals surface area contributed by atoms with Crippen molar-refractivity contribution in [2.75, 3.05) is 19.7 Å². The van der Waals surface area contributed by atoms with Crippen molar-refractivity contribution in [2.24, 2.45) is 0 Å². The number of hydrogen-bond donors (Lipinski definition) is 1. The van der Waals surface area contributed by atoms with E-state index in [1.54, 1.807) is 6.20 Å². The van der Waals surface area contributed by atoms with Crippen LogP contribution in [0.15, 0.2) is 48.8 Å². The Hall–Kier alpha value is -1.75. The molecule has 3 rings (SSSR count). The Bertz CT molecular complexity index is 650. The number of aryl methyl sites for hydroxylation is 1. The van der Waals surface area contributed by atoms with Gasteiger partial charge < -0.3 is 9.84 Å². The zero-order chi connectivity index (χ0) is 17.7. The van der Waals surface area contributed by atoms with Gasteiger partial charge in [-0.15, -0.1) is 0 Å². The van der Waals surface area contributed by atoms with E-state index in [2.05, 4.69) is 40.2 Å². The first-order valence-electron chi connectivity index (χ1n) is 9.04. The average molecular weight is 340 g/mol. The lowest BCUT2D eigenvalue weighted by molar-refractivity contribution is -0.0330. The van der Waals surface area contributed by atoms with Gasteiger partial charge in [-0.05, 0) is 43.9 Å². The lowest BCUT2D eigenvalue weighted by Crippen LogP contribution is -2.37. The third-order valence-corrected chi connectivity index (χ3v) is 4.66. The summed E-state index contributed by atoms with van der Waals surface area (Å²) in [5.41, 5.74) is 3.14. The molecule has 0 radical (unpaired) electrons. The van der Waals surface area contributed by atoms with Gasteiger partial charge in [0.05, 0.1) is 18.3 Å². The number of rotatable bonds is 6. The van der Waals surface area contributed by atoms with Gasteiger partial charge in [-0.3, -0.25) is 9.88 Å². The smallest absolute Gasteiger partial charge is 0.0967 e. The quantitative estimate of drug-likeness (QED) is 0.876. The summed E-state index contributed by atoms with van der Waals surface area (Å²) in [4.78, 5) is 6.63. The van der Waals surface area contributed by atoms with Crippen LogP contribution in [0.5, 0.6) is 0 Å². The van der Waals surface area contributed by atoms with E-state index in [1.165, 1.54) is 11.1 Å². The fraction of sp³-hybridized carbons (Fsp3) is 0.476. The predicted molar refractivity (Wildman–Crippen MR) is 99.3 cm³/mol. The van der Waals surface area contributed by atoms with E-state index < -0.39 is 5.60 Å². The lowest BCUT2D eigenvalue weighted by Gasteiger charge is -2.33. The Balaban J connectivity index is 1.55. The van der Waals surface area contributed by atoms with E-state index in [9.17, 15) is 5.11 Å². The number of aromatic nitrogens is 1. The molecule has 0 amide bonds. The van der Waals surface area contributed by atoms with Crippen molar-refractivity contribution in [2.45, 2.75) is 44.9 Å². The first-order valence-corrected chi connectivity index (χ1v) is 9.04. The highest BCUT2D eigenvalue weighted by Gasteiger charge is 2.22. The van der Waals surface area contributed by atoms with E-state index in [0.717, 1.165) is 44.6 Å². The molecule has 1 fully saturated rings. The van der Waals surface area contributed by atoms with E-state index in [4.69, 9.17) is 4.74 Å². The second kappa shape index (κ2) is 8.09. The van der Waals surface area contributed by atoms with Crippen LogP contribution in [-0.4, -0.2) is 40.3 Å². The summed E-state index contributed by atoms with van der Waals surface area (Å²) in [6.07, 6.45) is 5.48. The molecule has 2 aromatic rings. The van der Waals surface area contributed by atoms with Gasteiger partial charge in [-0.1, -0.05) is 30.3 Å². The Labute approximate surface area is 150 Å². The molecular formula is C21H28N2O2. The number of hydrogen-bond acceptors (Lipinski definition) is 4. The number of nitrogens with zero attached hydrogens (tertiary/aromatic N) is 2. The third-order valence-electron chi connectivity index (χ3n) is 4.66. The van der Waals surface area contributed by atoms with Crippen LogP contribution in [0, 0.1) is 0 Å². The normalized spacial score (nSPS) is 19.1. The first-order chi connectivity index (χ1) is 12.0. The molecule has 0 aliphatic carbocycles. The molecule has 1 aromatic heterocycles. The number of ether oxygens (including phenoxy) is 1. The van der Waals surface area contributed by atoms with Crippen LogP contribution in [0.3, 0.4) is 0 Å². The molecule has 4 heteroatoms. The second-order valence-electron chi connectivity index (χ2n) is 7.51. The van der Waals surface area contributed by atoms with Crippen LogP contribution in [-0.2, 0) is 17.7 Å². The van der Waals surface area contributed by atoms with Crippen LogP contribution >= 0.6 is 0 Å². The summed E-state index contributed by atoms with van der Waals surface area (Å²) < 4.78 is 5.91. The van der Waals surface area contributed by atoms with Gasteiger partial charge in [0.15, 0.2) is 0 Å². The Morgan fingerprint density at radius 2 is 1.96 bits per heavy atom. The van der Waals surface area contributed by atoms with Crippen LogP contribution in [0.2, 0.25) is 0 Å². The standard InChI is InChI=1S/C21H28N2O2/c1-21(2,24)10-9-17-5-7-18(8-6-17)15-23-12-13-25-20(16-23)19-4-3-11-22-14-19/h3-8,11,14,20,24H,9-10,12-13,15-16H2,1-2H3/t20-/m0/s1. The highest BCUT2D eigenvalue weighted by molar-refractivity contribution is 5.23. The van der Waals surface area contributed by atoms with Crippen molar-refractivity contribution in [3.8, 4) is 0 Å². The van der Waals surface area contributed by atoms with Gasteiger partial charge in [0.2, 0.25) is 0 Å². The molecule has 0 spiro atoms. The minimum absolute atomic E-state index is 0.105. The van der Waals surface area contributed by atoms with Crippen molar-refractivity contribution < 1.29 is 9.84 Å². The van der Waals surface area contributed by atoms with Gasteiger partial charge in [0.1, 0.15) is 0 Å². The van der Waals surface area contributed by atoms with E-state index in [1.807, 2.05) is 26.1 Å². The van der Waals surface area contributed by atoms with Crippen LogP contribution < -0.4 is 0 Å². The maximum atomic E-state index is 9.85. The van der Waals surface area contributed by atoms with Crippen molar-refractivity contribution in [1.29, 1.82) is 0 Å². The molecule has 1 aromatic carbocycles. The molecule has 1 aliphatic heterocycles. The Kier molecular flexibility index (Phi) is 5.84. The van der Waals surface area contributed by atoms with E-state index >= 15 is 0 Å². The fourth-order valence-corrected chi connectivity index (χ4v) is 3.13. The molecule has 134 valence electrons. The van der Waals surface area contributed by atoms with Crippen LogP contribution in [0.4, 0.5) is 0 Å². The molecule has 1 atom stereocenters. The summed E-state index contributed by atoms with van der Waals surface area (Å²) in [7, 11) is 0. The first kappa shape index (κ1) is 18.1. The summed E-state index contributed by atoms with van der Waals surface area (Å²) in [6, 6.07) is 12.8. The Morgan fingerprint density at radius 1 is 1.20 bits per heavy atom. The second-order valence-corrected chi connectivity index (χ2v) is 7.51. The predicted octanol–water partition coefficient (Wildman–Crippen LogP) is 3.36. The molecule has 0 unspecified atom stereocenters. The highest BCUT2D eigenvalue weighted by Crippen LogP contribution is 2.23. The monoisotopic (exact) mass is 340 g/mol. The number of aliphatic hydroxyl groups is 1. The van der Waals surface area contributed by atoms with Gasteiger partial charge in [-0.25, -0.2) is 0 Å². The molecule has 1 saturated heterocycles. The Morgan fingerprint density at radius 3 is 2.64 bits per heavy atom. The lowest BCUT2D eigenvalue weighted by atomic mass is 9.98. The molecule has 1 N–H and O–H groups in total. The van der Waals surface area contributed by atoms with E-state index in [0.29, 0.717) is 0 Å². The summed E-state index contributed by atoms with van der Waals surface area (Å²) in [6.45, 7) is 7.26. The molecule has 2 heterocycles. The van der Waals surface area contributed by atoms with Crippen molar-refractivity contribution in [3.05, 3.63) is 65.5 Å². The maximum absolute atomic E-state index is 9.85. The summed E-state index contributed by atoms with van der Waals surface area (Å²) in [5.74, 6) is 0. The van der Waals surface area contributed by atoms with Crippen molar-refractivity contribution >= 4 is 0 Å². The van der Waals surface area contributed by atoms with Crippen LogP contribution in [0.25, 0.3) is 0 Å². The van der Waals surface area contributed by atoms with E-state index in [-0.39, 0.29) is 6.10 Å². The number of benzene rings is 1. The van der Waals surface area contributed by atoms with Gasteiger partial charge in [0.25, 0.3) is 0 Å². The third kappa shape index (κ3) is 5.63. The topological polar surface area (TPSA) is 45.6 Å². The molecule has 1 aliphatic rings. The SMILES string of the molecule is CC(C)(O)CCc1ccc(CN2CCO[C@H](c3cccnc3)C2)cc1. The molecule has 0 saturated carbocycles. The number of morpholine rings is 1. The van der Waals surface area contributed by atoms with Crippen LogP contribution in [0.1, 0.15) is 43.1 Å². The zero-order valence-electron chi connectivity index (χ0n) is 15.2. The van der Waals surface area contributed by atoms with Gasteiger partial charge in [0, 0.05) is 37.6 Å². The highest BCUT2D eigenvalue weighted by atomic mass is 16.5. The molecule has 25 heavy (non-hydrogen) atoms. The number of pyridine rings is 1. The average Bonchev–Trinajstić information content (AvgIpc) is 2.61. The molecule has 0 bridgehead atoms. The minimum Gasteiger partial charge on any atom is -0.390 e. The zero-order valence-corrected chi connectivity index (χ0v) is 15.2. The molecule has 4 nitrogen and oxygen atoms in total. The maximum Gasteiger partial charge on any atom is 0.0967 e. The van der Waals surface area contributed by atoms with Crippen molar-refractivity contribution in [3.63, 3.8) is 0 Å². The fourth-order valence-electron chi connectivity index (χ4n) is 3.13. The summed E-state index contributed by atoms with van der Waals surface area (Å²) >= 11 is 0. The molecular weight excluding hydrogens is 312 g/mol.